The number of nitrogens with zero attached hydrogens (tertiary/aromatic N) is 4. The summed E-state index contributed by atoms with van der Waals surface area (Å²) in [5, 5.41) is 9.59. The molecule has 3 aromatic rings. The predicted molar refractivity (Wildman–Crippen MR) is 126 cm³/mol. The van der Waals surface area contributed by atoms with Crippen LogP contribution in [0.4, 0.5) is 23.2 Å². The molecule has 1 fully saturated rings. The number of amides is 1. The number of alkyl halides is 4. The summed E-state index contributed by atoms with van der Waals surface area (Å²) in [7, 11) is 3.53. The van der Waals surface area contributed by atoms with E-state index in [0.29, 0.717) is 29.7 Å². The van der Waals surface area contributed by atoms with Crippen LogP contribution in [0.15, 0.2) is 41.8 Å². The number of halogens is 4. The van der Waals surface area contributed by atoms with Gasteiger partial charge in [-0.2, -0.15) is 18.3 Å². The second kappa shape index (κ2) is 10.2. The van der Waals surface area contributed by atoms with Crippen LogP contribution in [0, 0.1) is 11.8 Å². The Morgan fingerprint density at radius 3 is 2.83 bits per heavy atom. The van der Waals surface area contributed by atoms with Crippen molar-refractivity contribution in [2.75, 3.05) is 32.0 Å². The van der Waals surface area contributed by atoms with Crippen molar-refractivity contribution in [3.63, 3.8) is 0 Å². The monoisotopic (exact) mass is 508 g/mol. The van der Waals surface area contributed by atoms with Gasteiger partial charge < -0.3 is 19.9 Å². The number of aromatic nitrogens is 3. The normalized spacial score (nSPS) is 18.8. The molecule has 2 atom stereocenters. The maximum atomic E-state index is 14.6. The first-order valence-corrected chi connectivity index (χ1v) is 11.7. The van der Waals surface area contributed by atoms with Crippen molar-refractivity contribution in [2.24, 2.45) is 7.05 Å². The Hall–Kier alpha value is -3.17. The minimum Gasteiger partial charge on any atom is -0.378 e. The number of pyridine rings is 1. The molecule has 0 aliphatic carbocycles. The minimum atomic E-state index is -4.53. The summed E-state index contributed by atoms with van der Waals surface area (Å²) in [6.07, 6.45) is 3.94. The van der Waals surface area contributed by atoms with Gasteiger partial charge in [-0.3, -0.25) is 9.48 Å². The number of fused-ring (bicyclic) bond motifs is 1. The molecule has 186 valence electrons. The summed E-state index contributed by atoms with van der Waals surface area (Å²) in [5.74, 6) is 5.08. The second-order valence-corrected chi connectivity index (χ2v) is 9.35. The zero-order valence-corrected chi connectivity index (χ0v) is 19.9. The summed E-state index contributed by atoms with van der Waals surface area (Å²) in [5.41, 5.74) is -3.01. The number of thioether (sulfide) groups is 1. The third-order valence-electron chi connectivity index (χ3n) is 5.59. The molecule has 0 aromatic carbocycles. The van der Waals surface area contributed by atoms with Crippen molar-refractivity contribution in [2.45, 2.75) is 29.2 Å². The molecule has 1 saturated heterocycles. The van der Waals surface area contributed by atoms with Gasteiger partial charge in [-0.05, 0) is 31.7 Å². The summed E-state index contributed by atoms with van der Waals surface area (Å²) in [6.45, 7) is 0.956. The van der Waals surface area contributed by atoms with E-state index in [0.717, 1.165) is 6.54 Å². The lowest BCUT2D eigenvalue weighted by molar-refractivity contribution is -0.0329. The van der Waals surface area contributed by atoms with E-state index in [1.807, 2.05) is 11.9 Å². The Morgan fingerprint density at radius 1 is 1.34 bits per heavy atom. The quantitative estimate of drug-likeness (QED) is 0.314. The Morgan fingerprint density at radius 2 is 2.14 bits per heavy atom. The van der Waals surface area contributed by atoms with Crippen LogP contribution in [-0.4, -0.2) is 69.4 Å². The van der Waals surface area contributed by atoms with Gasteiger partial charge >= 0.3 is 5.51 Å². The zero-order valence-electron chi connectivity index (χ0n) is 19.1. The van der Waals surface area contributed by atoms with Crippen molar-refractivity contribution in [1.82, 2.24) is 24.4 Å². The van der Waals surface area contributed by atoms with Crippen LogP contribution < -0.4 is 10.6 Å². The third-order valence-corrected chi connectivity index (χ3v) is 6.43. The van der Waals surface area contributed by atoms with Gasteiger partial charge in [0.15, 0.2) is 0 Å². The highest BCUT2D eigenvalue weighted by atomic mass is 32.2. The number of carbonyl (C=O) groups excluding carboxylic acids is 1. The first-order chi connectivity index (χ1) is 16.6. The molecule has 4 heterocycles. The molecule has 1 amide bonds. The number of hydrogen-bond acceptors (Lipinski definition) is 5. The lowest BCUT2D eigenvalue weighted by Crippen LogP contribution is -2.46. The van der Waals surface area contributed by atoms with Crippen LogP contribution in [0.1, 0.15) is 22.3 Å². The van der Waals surface area contributed by atoms with Crippen molar-refractivity contribution in [3.05, 3.63) is 47.9 Å². The first kappa shape index (κ1) is 24.9. The Balaban J connectivity index is 1.59. The molecule has 2 N–H and O–H groups in total. The Labute approximate surface area is 203 Å². The van der Waals surface area contributed by atoms with Crippen LogP contribution in [0.3, 0.4) is 0 Å². The fourth-order valence-corrected chi connectivity index (χ4v) is 4.62. The number of nitrogens with one attached hydrogen (secondary N) is 2. The molecule has 35 heavy (non-hydrogen) atoms. The highest BCUT2D eigenvalue weighted by molar-refractivity contribution is 8.00. The number of rotatable bonds is 5. The van der Waals surface area contributed by atoms with Gasteiger partial charge in [-0.1, -0.05) is 11.8 Å². The van der Waals surface area contributed by atoms with Crippen LogP contribution in [0.5, 0.6) is 0 Å². The van der Waals surface area contributed by atoms with E-state index in [1.165, 1.54) is 21.5 Å². The standard InChI is InChI=1S/C23H24F4N6OS/c1-31-10-7-18(17(24)14-31)30-19-6-4-9-33-20(19)11-15(22(33)35-23(25,26)27)5-3-8-28-21(34)16-12-29-32(2)13-16/h4,6,9,11-13,17-18,30H,7-8,10,14H2,1-2H3,(H,28,34)/t17-,18+/m0/s1. The number of hydrogen-bond donors (Lipinski definition) is 2. The van der Waals surface area contributed by atoms with Gasteiger partial charge in [0.25, 0.3) is 5.91 Å². The molecule has 3 aromatic heterocycles. The molecule has 0 saturated carbocycles. The lowest BCUT2D eigenvalue weighted by Gasteiger charge is -2.33. The number of carbonyl (C=O) groups is 1. The molecule has 1 aliphatic rings. The second-order valence-electron chi connectivity index (χ2n) is 8.29. The zero-order chi connectivity index (χ0) is 25.2. The maximum absolute atomic E-state index is 14.6. The van der Waals surface area contributed by atoms with E-state index < -0.39 is 17.7 Å². The molecule has 0 radical (unpaired) electrons. The van der Waals surface area contributed by atoms with Crippen LogP contribution in [-0.2, 0) is 7.05 Å². The highest BCUT2D eigenvalue weighted by Crippen LogP contribution is 2.40. The molecule has 7 nitrogen and oxygen atoms in total. The minimum absolute atomic E-state index is 0.0553. The lowest BCUT2D eigenvalue weighted by atomic mass is 10.0. The molecule has 1 aliphatic heterocycles. The van der Waals surface area contributed by atoms with Gasteiger partial charge in [-0.15, -0.1) is 0 Å². The molecular weight excluding hydrogens is 484 g/mol. The van der Waals surface area contributed by atoms with E-state index in [9.17, 15) is 22.4 Å². The Bertz CT molecular complexity index is 1270. The van der Waals surface area contributed by atoms with Crippen LogP contribution >= 0.6 is 11.8 Å². The van der Waals surface area contributed by atoms with Gasteiger partial charge in [0.05, 0.1) is 41.1 Å². The molecule has 4 rings (SSSR count). The topological polar surface area (TPSA) is 66.6 Å². The fourth-order valence-electron chi connectivity index (χ4n) is 3.92. The van der Waals surface area contributed by atoms with Crippen molar-refractivity contribution < 1.29 is 22.4 Å². The molecule has 0 bridgehead atoms. The summed E-state index contributed by atoms with van der Waals surface area (Å²) in [6, 6.07) is 4.44. The number of likely N-dealkylation sites (tertiary alicyclic amines) is 1. The first-order valence-electron chi connectivity index (χ1n) is 10.9. The average Bonchev–Trinajstić information content (AvgIpc) is 3.36. The van der Waals surface area contributed by atoms with Crippen molar-refractivity contribution in [1.29, 1.82) is 0 Å². The molecule has 0 unspecified atom stereocenters. The van der Waals surface area contributed by atoms with Gasteiger partial charge in [0.1, 0.15) is 11.2 Å². The average molecular weight is 509 g/mol. The van der Waals surface area contributed by atoms with E-state index in [-0.39, 0.29) is 34.8 Å². The van der Waals surface area contributed by atoms with Crippen LogP contribution in [0.25, 0.3) is 5.52 Å². The fraction of sp³-hybridized carbons (Fsp3) is 0.391. The molecule has 12 heteroatoms. The highest BCUT2D eigenvalue weighted by Gasteiger charge is 2.33. The number of anilines is 1. The summed E-state index contributed by atoms with van der Waals surface area (Å²) < 4.78 is 57.5. The summed E-state index contributed by atoms with van der Waals surface area (Å²) in [4.78, 5) is 14.0. The van der Waals surface area contributed by atoms with E-state index in [1.54, 1.807) is 31.4 Å². The van der Waals surface area contributed by atoms with Crippen LogP contribution in [0.2, 0.25) is 0 Å². The number of piperidine rings is 1. The van der Waals surface area contributed by atoms with Gasteiger partial charge in [0.2, 0.25) is 0 Å². The predicted octanol–water partition coefficient (Wildman–Crippen LogP) is 3.52. The third kappa shape index (κ3) is 6.10. The van der Waals surface area contributed by atoms with Gasteiger partial charge in [0, 0.05) is 44.3 Å². The largest absolute Gasteiger partial charge is 0.447 e. The number of aryl methyl sites for hydroxylation is 1. The van der Waals surface area contributed by atoms with E-state index in [2.05, 4.69) is 27.6 Å². The maximum Gasteiger partial charge on any atom is 0.447 e. The summed E-state index contributed by atoms with van der Waals surface area (Å²) >= 11 is -0.263. The Kier molecular flexibility index (Phi) is 7.28. The van der Waals surface area contributed by atoms with E-state index in [4.69, 9.17) is 0 Å². The smallest absolute Gasteiger partial charge is 0.378 e. The van der Waals surface area contributed by atoms with Crippen molar-refractivity contribution in [3.8, 4) is 11.8 Å². The molecule has 0 spiro atoms. The van der Waals surface area contributed by atoms with Gasteiger partial charge in [-0.25, -0.2) is 4.39 Å². The SMILES string of the molecule is CN1CC[C@@H](Nc2cccn3c(SC(F)(F)F)c(C#CCNC(=O)c4cnn(C)c4)cc23)[C@@H](F)C1. The molecular formula is C23H24F4N6OS. The van der Waals surface area contributed by atoms with E-state index >= 15 is 0 Å². The van der Waals surface area contributed by atoms with Crippen molar-refractivity contribution >= 4 is 28.9 Å².